The molecule has 0 radical (unpaired) electrons. The molecule has 0 aliphatic carbocycles. The molecule has 1 aromatic rings. The van der Waals surface area contributed by atoms with Crippen molar-refractivity contribution in [3.63, 3.8) is 0 Å². The summed E-state index contributed by atoms with van der Waals surface area (Å²) in [6.07, 6.45) is -0.728. The van der Waals surface area contributed by atoms with E-state index in [9.17, 15) is 9.50 Å². The van der Waals surface area contributed by atoms with E-state index < -0.39 is 11.9 Å². The average molecular weight is 296 g/mol. The Morgan fingerprint density at radius 3 is 2.71 bits per heavy atom. The number of hydrogen-bond donors (Lipinski definition) is 2. The van der Waals surface area contributed by atoms with Crippen LogP contribution in [0.2, 0.25) is 0 Å². The average Bonchev–Trinajstić information content (AvgIpc) is 2.50. The molecule has 0 amide bonds. The first-order chi connectivity index (χ1) is 10.2. The van der Waals surface area contributed by atoms with Crippen LogP contribution in [0.4, 0.5) is 4.39 Å². The van der Waals surface area contributed by atoms with Gasteiger partial charge >= 0.3 is 0 Å². The van der Waals surface area contributed by atoms with Crippen LogP contribution in [-0.4, -0.2) is 72.0 Å². The molecule has 116 valence electrons. The van der Waals surface area contributed by atoms with Crippen molar-refractivity contribution in [1.82, 2.24) is 9.80 Å². The summed E-state index contributed by atoms with van der Waals surface area (Å²) in [6.45, 7) is 4.51. The van der Waals surface area contributed by atoms with E-state index in [1.165, 1.54) is 6.07 Å². The maximum Gasteiger partial charge on any atom is 0.165 e. The van der Waals surface area contributed by atoms with Gasteiger partial charge in [-0.25, -0.2) is 4.39 Å². The number of ether oxygens (including phenoxy) is 1. The Morgan fingerprint density at radius 2 is 2.00 bits per heavy atom. The molecule has 0 spiro atoms. The van der Waals surface area contributed by atoms with E-state index in [-0.39, 0.29) is 18.4 Å². The minimum absolute atomic E-state index is 0.143. The molecule has 2 N–H and O–H groups in total. The van der Waals surface area contributed by atoms with E-state index in [1.54, 1.807) is 12.1 Å². The Hall–Kier alpha value is -1.21. The third-order valence-electron chi connectivity index (χ3n) is 4.37. The maximum absolute atomic E-state index is 13.7. The predicted octanol–water partition coefficient (Wildman–Crippen LogP) is 0.230. The number of β-amino-alcohol motifs (C(OH)–C–C–N with tert-alkyl or cyclic N) is 1. The second-order valence-electron chi connectivity index (χ2n) is 5.58. The third kappa shape index (κ3) is 2.89. The molecule has 1 fully saturated rings. The highest BCUT2D eigenvalue weighted by Crippen LogP contribution is 2.36. The number of para-hydroxylation sites is 1. The second-order valence-corrected chi connectivity index (χ2v) is 5.58. The first kappa shape index (κ1) is 14.7. The second kappa shape index (κ2) is 6.27. The molecule has 0 bridgehead atoms. The van der Waals surface area contributed by atoms with Gasteiger partial charge in [0.1, 0.15) is 12.7 Å². The van der Waals surface area contributed by atoms with E-state index in [1.807, 2.05) is 0 Å². The fourth-order valence-corrected chi connectivity index (χ4v) is 3.14. The number of hydrogen-bond acceptors (Lipinski definition) is 5. The Labute approximate surface area is 123 Å². The first-order valence-corrected chi connectivity index (χ1v) is 7.37. The van der Waals surface area contributed by atoms with Crippen molar-refractivity contribution in [2.75, 3.05) is 45.9 Å². The molecule has 21 heavy (non-hydrogen) atoms. The molecule has 0 saturated carbocycles. The SMILES string of the molecule is OCCN1CCN(C2COc3c(F)cccc3C2O)CC1. The van der Waals surface area contributed by atoms with Crippen molar-refractivity contribution >= 4 is 0 Å². The molecule has 6 heteroatoms. The lowest BCUT2D eigenvalue weighted by Crippen LogP contribution is -2.55. The molecule has 2 aliphatic heterocycles. The lowest BCUT2D eigenvalue weighted by Gasteiger charge is -2.42. The van der Waals surface area contributed by atoms with Crippen molar-refractivity contribution in [3.8, 4) is 5.75 Å². The zero-order valence-electron chi connectivity index (χ0n) is 11.9. The maximum atomic E-state index is 13.7. The Bertz CT molecular complexity index is 492. The number of halogens is 1. The van der Waals surface area contributed by atoms with E-state index in [4.69, 9.17) is 9.84 Å². The van der Waals surface area contributed by atoms with Gasteiger partial charge in [-0.05, 0) is 6.07 Å². The number of fused-ring (bicyclic) bond motifs is 1. The van der Waals surface area contributed by atoms with Crippen LogP contribution in [0.25, 0.3) is 0 Å². The zero-order chi connectivity index (χ0) is 14.8. The molecule has 2 aliphatic rings. The van der Waals surface area contributed by atoms with Crippen LogP contribution in [0.3, 0.4) is 0 Å². The van der Waals surface area contributed by atoms with Crippen LogP contribution in [-0.2, 0) is 0 Å². The van der Waals surface area contributed by atoms with Crippen molar-refractivity contribution in [2.45, 2.75) is 12.1 Å². The summed E-state index contributed by atoms with van der Waals surface area (Å²) >= 11 is 0. The van der Waals surface area contributed by atoms with Crippen molar-refractivity contribution < 1.29 is 19.3 Å². The molecule has 1 aromatic carbocycles. The fraction of sp³-hybridized carbons (Fsp3) is 0.600. The molecular formula is C15H21FN2O3. The summed E-state index contributed by atoms with van der Waals surface area (Å²) in [5, 5.41) is 19.5. The van der Waals surface area contributed by atoms with Gasteiger partial charge in [0, 0.05) is 38.3 Å². The normalized spacial score (nSPS) is 27.2. The standard InChI is InChI=1S/C15H21FN2O3/c16-12-3-1-2-11-14(20)13(10-21-15(11)12)18-6-4-17(5-7-18)8-9-19/h1-3,13-14,19-20H,4-10H2. The van der Waals surface area contributed by atoms with Gasteiger partial charge in [0.2, 0.25) is 0 Å². The first-order valence-electron chi connectivity index (χ1n) is 7.37. The van der Waals surface area contributed by atoms with Gasteiger partial charge in [-0.2, -0.15) is 0 Å². The molecule has 2 atom stereocenters. The summed E-state index contributed by atoms with van der Waals surface area (Å²) in [4.78, 5) is 4.38. The Balaban J connectivity index is 1.68. The molecule has 1 saturated heterocycles. The topological polar surface area (TPSA) is 56.2 Å². The highest BCUT2D eigenvalue weighted by atomic mass is 19.1. The van der Waals surface area contributed by atoms with Crippen LogP contribution in [0, 0.1) is 5.82 Å². The minimum atomic E-state index is -0.728. The van der Waals surface area contributed by atoms with Gasteiger partial charge in [-0.3, -0.25) is 9.80 Å². The highest BCUT2D eigenvalue weighted by molar-refractivity contribution is 5.39. The summed E-state index contributed by atoms with van der Waals surface area (Å²) in [5.74, 6) is -0.238. The number of benzene rings is 1. The van der Waals surface area contributed by atoms with Gasteiger partial charge in [0.25, 0.3) is 0 Å². The predicted molar refractivity (Wildman–Crippen MR) is 75.7 cm³/mol. The summed E-state index contributed by atoms with van der Waals surface area (Å²) < 4.78 is 19.2. The van der Waals surface area contributed by atoms with Gasteiger partial charge in [0.15, 0.2) is 11.6 Å². The smallest absolute Gasteiger partial charge is 0.165 e. The van der Waals surface area contributed by atoms with Crippen molar-refractivity contribution in [3.05, 3.63) is 29.6 Å². The van der Waals surface area contributed by atoms with Crippen LogP contribution in [0.1, 0.15) is 11.7 Å². The summed E-state index contributed by atoms with van der Waals surface area (Å²) in [7, 11) is 0. The number of rotatable bonds is 3. The lowest BCUT2D eigenvalue weighted by atomic mass is 9.97. The fourth-order valence-electron chi connectivity index (χ4n) is 3.14. The number of aliphatic hydroxyl groups is 2. The molecule has 5 nitrogen and oxygen atoms in total. The van der Waals surface area contributed by atoms with E-state index in [0.29, 0.717) is 18.7 Å². The van der Waals surface area contributed by atoms with Crippen molar-refractivity contribution in [1.29, 1.82) is 0 Å². The third-order valence-corrected chi connectivity index (χ3v) is 4.37. The zero-order valence-corrected chi connectivity index (χ0v) is 11.9. The largest absolute Gasteiger partial charge is 0.488 e. The van der Waals surface area contributed by atoms with Gasteiger partial charge in [-0.15, -0.1) is 0 Å². The minimum Gasteiger partial charge on any atom is -0.488 e. The quantitative estimate of drug-likeness (QED) is 0.836. The molecule has 2 heterocycles. The van der Waals surface area contributed by atoms with Crippen LogP contribution in [0.15, 0.2) is 18.2 Å². The number of nitrogens with zero attached hydrogens (tertiary/aromatic N) is 2. The van der Waals surface area contributed by atoms with E-state index in [0.717, 1.165) is 26.2 Å². The van der Waals surface area contributed by atoms with Crippen LogP contribution < -0.4 is 4.74 Å². The molecular weight excluding hydrogens is 275 g/mol. The monoisotopic (exact) mass is 296 g/mol. The van der Waals surface area contributed by atoms with E-state index >= 15 is 0 Å². The van der Waals surface area contributed by atoms with Crippen LogP contribution in [0.5, 0.6) is 5.75 Å². The van der Waals surface area contributed by atoms with E-state index in [2.05, 4.69) is 9.80 Å². The summed E-state index contributed by atoms with van der Waals surface area (Å²) in [5.41, 5.74) is 0.532. The number of aliphatic hydroxyl groups excluding tert-OH is 2. The number of piperazine rings is 1. The molecule has 0 aromatic heterocycles. The Morgan fingerprint density at radius 1 is 1.24 bits per heavy atom. The van der Waals surface area contributed by atoms with Gasteiger partial charge in [-0.1, -0.05) is 12.1 Å². The van der Waals surface area contributed by atoms with Gasteiger partial charge < -0.3 is 14.9 Å². The molecule has 2 unspecified atom stereocenters. The van der Waals surface area contributed by atoms with Gasteiger partial charge in [0.05, 0.1) is 12.6 Å². The molecule has 3 rings (SSSR count). The Kier molecular flexibility index (Phi) is 4.40. The summed E-state index contributed by atoms with van der Waals surface area (Å²) in [6, 6.07) is 4.52. The van der Waals surface area contributed by atoms with Crippen LogP contribution >= 0.6 is 0 Å². The lowest BCUT2D eigenvalue weighted by molar-refractivity contribution is -0.0199. The van der Waals surface area contributed by atoms with Crippen molar-refractivity contribution in [2.24, 2.45) is 0 Å². The highest BCUT2D eigenvalue weighted by Gasteiger charge is 2.36.